The molecule has 1 N–H and O–H groups in total. The van der Waals surface area contributed by atoms with E-state index in [1.807, 2.05) is 58.9 Å². The van der Waals surface area contributed by atoms with Crippen LogP contribution in [0.15, 0.2) is 30.5 Å². The van der Waals surface area contributed by atoms with Crippen LogP contribution in [0.4, 0.5) is 21.4 Å². The van der Waals surface area contributed by atoms with E-state index in [4.69, 9.17) is 14.2 Å². The Morgan fingerprint density at radius 3 is 2.63 bits per heavy atom. The van der Waals surface area contributed by atoms with E-state index in [-0.39, 0.29) is 24.8 Å². The smallest absolute Gasteiger partial charge is 0.415 e. The zero-order valence-corrected chi connectivity index (χ0v) is 20.9. The monoisotopic (exact) mass is 483 g/mol. The van der Waals surface area contributed by atoms with Gasteiger partial charge in [0.1, 0.15) is 18.0 Å². The number of nitrogens with one attached hydrogen (secondary N) is 1. The number of rotatable bonds is 7. The third kappa shape index (κ3) is 6.00. The predicted molar refractivity (Wildman–Crippen MR) is 130 cm³/mol. The van der Waals surface area contributed by atoms with Gasteiger partial charge in [-0.15, -0.1) is 0 Å². The third-order valence-corrected chi connectivity index (χ3v) is 5.80. The summed E-state index contributed by atoms with van der Waals surface area (Å²) >= 11 is 0. The van der Waals surface area contributed by atoms with Crippen molar-refractivity contribution < 1.29 is 23.8 Å². The molecular weight excluding hydrogens is 450 g/mol. The lowest BCUT2D eigenvalue weighted by Gasteiger charge is -2.39. The number of cyclic esters (lactones) is 1. The van der Waals surface area contributed by atoms with Gasteiger partial charge in [0.05, 0.1) is 37.4 Å². The Bertz CT molecular complexity index is 1060. The van der Waals surface area contributed by atoms with Gasteiger partial charge in [-0.2, -0.15) is 4.98 Å². The standard InChI is InChI=1S/C25H33N5O5/c1-6-30-21-19(15-34-24(30)32)11-26-22(28-21)27-16(2)18-9-7-17(8-10-18)14-33-20-12-29(13-20)23(31)35-25(3,4)5/h7-11,16,20H,6,12-15H2,1-5H3,(H,26,27,28)/t16-/m0/s1. The van der Waals surface area contributed by atoms with E-state index in [2.05, 4.69) is 15.3 Å². The maximum atomic E-state index is 12.0. The van der Waals surface area contributed by atoms with Crippen LogP contribution in [0, 0.1) is 0 Å². The number of ether oxygens (including phenoxy) is 3. The van der Waals surface area contributed by atoms with Gasteiger partial charge in [0.15, 0.2) is 0 Å². The normalized spacial score (nSPS) is 16.8. The lowest BCUT2D eigenvalue weighted by molar-refractivity contribution is -0.0691. The molecule has 0 aliphatic carbocycles. The Morgan fingerprint density at radius 1 is 1.26 bits per heavy atom. The largest absolute Gasteiger partial charge is 0.444 e. The molecule has 0 unspecified atom stereocenters. The Balaban J connectivity index is 1.27. The topological polar surface area (TPSA) is 106 Å². The van der Waals surface area contributed by atoms with E-state index in [0.717, 1.165) is 16.7 Å². The molecule has 0 bridgehead atoms. The summed E-state index contributed by atoms with van der Waals surface area (Å²) in [5, 5.41) is 3.31. The van der Waals surface area contributed by atoms with Crippen LogP contribution >= 0.6 is 0 Å². The van der Waals surface area contributed by atoms with Crippen LogP contribution in [0.2, 0.25) is 0 Å². The molecule has 10 nitrogen and oxygen atoms in total. The summed E-state index contributed by atoms with van der Waals surface area (Å²) in [6, 6.07) is 8.10. The summed E-state index contributed by atoms with van der Waals surface area (Å²) in [6.07, 6.45) is 1.02. The maximum Gasteiger partial charge on any atom is 0.415 e. The highest BCUT2D eigenvalue weighted by atomic mass is 16.6. The van der Waals surface area contributed by atoms with Crippen LogP contribution in [-0.4, -0.2) is 58.4 Å². The molecule has 2 amide bonds. The number of fused-ring (bicyclic) bond motifs is 1. The zero-order valence-electron chi connectivity index (χ0n) is 20.9. The molecule has 2 aliphatic rings. The van der Waals surface area contributed by atoms with Crippen LogP contribution < -0.4 is 10.2 Å². The first kappa shape index (κ1) is 24.7. The van der Waals surface area contributed by atoms with Gasteiger partial charge in [0, 0.05) is 12.7 Å². The quantitative estimate of drug-likeness (QED) is 0.623. The van der Waals surface area contributed by atoms with Crippen molar-refractivity contribution in [2.45, 2.75) is 65.6 Å². The van der Waals surface area contributed by atoms with E-state index < -0.39 is 11.7 Å². The number of hydrogen-bond donors (Lipinski definition) is 1. The number of aromatic nitrogens is 2. The lowest BCUT2D eigenvalue weighted by atomic mass is 10.1. The summed E-state index contributed by atoms with van der Waals surface area (Å²) in [6.45, 7) is 11.7. The van der Waals surface area contributed by atoms with E-state index in [1.165, 1.54) is 4.90 Å². The van der Waals surface area contributed by atoms with Gasteiger partial charge in [0.25, 0.3) is 0 Å². The minimum atomic E-state index is -0.493. The summed E-state index contributed by atoms with van der Waals surface area (Å²) in [4.78, 5) is 36.1. The van der Waals surface area contributed by atoms with Crippen LogP contribution in [0.5, 0.6) is 0 Å². The Morgan fingerprint density at radius 2 is 1.97 bits per heavy atom. The molecule has 2 aromatic rings. The number of benzene rings is 1. The number of hydrogen-bond acceptors (Lipinski definition) is 8. The molecule has 188 valence electrons. The van der Waals surface area contributed by atoms with Crippen LogP contribution in [0.25, 0.3) is 0 Å². The van der Waals surface area contributed by atoms with E-state index in [0.29, 0.717) is 38.0 Å². The number of carbonyl (C=O) groups excluding carboxylic acids is 2. The summed E-state index contributed by atoms with van der Waals surface area (Å²) in [7, 11) is 0. The number of carbonyl (C=O) groups is 2. The van der Waals surface area contributed by atoms with Gasteiger partial charge in [0.2, 0.25) is 5.95 Å². The molecule has 1 saturated heterocycles. The van der Waals surface area contributed by atoms with Crippen LogP contribution in [0.3, 0.4) is 0 Å². The average molecular weight is 484 g/mol. The lowest BCUT2D eigenvalue weighted by Crippen LogP contribution is -2.55. The van der Waals surface area contributed by atoms with Crippen molar-refractivity contribution in [2.75, 3.05) is 29.9 Å². The minimum Gasteiger partial charge on any atom is -0.444 e. The van der Waals surface area contributed by atoms with Gasteiger partial charge < -0.3 is 24.4 Å². The molecule has 1 atom stereocenters. The van der Waals surface area contributed by atoms with E-state index >= 15 is 0 Å². The zero-order chi connectivity index (χ0) is 25.2. The summed E-state index contributed by atoms with van der Waals surface area (Å²) in [5.74, 6) is 1.04. The first-order valence-electron chi connectivity index (χ1n) is 11.9. The summed E-state index contributed by atoms with van der Waals surface area (Å²) in [5.41, 5.74) is 2.42. The third-order valence-electron chi connectivity index (χ3n) is 5.80. The molecule has 4 rings (SSSR count). The highest BCUT2D eigenvalue weighted by Gasteiger charge is 2.34. The van der Waals surface area contributed by atoms with Crippen LogP contribution in [-0.2, 0) is 27.4 Å². The van der Waals surface area contributed by atoms with E-state index in [1.54, 1.807) is 11.1 Å². The second-order valence-corrected chi connectivity index (χ2v) is 9.77. The fraction of sp³-hybridized carbons (Fsp3) is 0.520. The Hall–Kier alpha value is -3.40. The Kier molecular flexibility index (Phi) is 7.11. The fourth-order valence-corrected chi connectivity index (χ4v) is 3.80. The first-order chi connectivity index (χ1) is 16.6. The number of anilines is 2. The highest BCUT2D eigenvalue weighted by Crippen LogP contribution is 2.27. The first-order valence-corrected chi connectivity index (χ1v) is 11.9. The summed E-state index contributed by atoms with van der Waals surface area (Å²) < 4.78 is 16.4. The molecule has 0 radical (unpaired) electrons. The van der Waals surface area contributed by atoms with Gasteiger partial charge in [-0.05, 0) is 45.7 Å². The fourth-order valence-electron chi connectivity index (χ4n) is 3.80. The molecule has 0 spiro atoms. The van der Waals surface area contributed by atoms with Crippen molar-refractivity contribution in [3.63, 3.8) is 0 Å². The molecule has 3 heterocycles. The van der Waals surface area contributed by atoms with Crippen LogP contribution in [0.1, 0.15) is 57.4 Å². The molecule has 10 heteroatoms. The molecule has 0 saturated carbocycles. The van der Waals surface area contributed by atoms with Crippen molar-refractivity contribution >= 4 is 24.0 Å². The number of likely N-dealkylation sites (tertiary alicyclic amines) is 1. The van der Waals surface area contributed by atoms with Crippen molar-refractivity contribution in [3.05, 3.63) is 47.2 Å². The average Bonchev–Trinajstić information content (AvgIpc) is 2.77. The molecular formula is C25H33N5O5. The van der Waals surface area contributed by atoms with Crippen molar-refractivity contribution in [3.8, 4) is 0 Å². The SMILES string of the molecule is CCN1C(=O)OCc2cnc(N[C@@H](C)c3ccc(COC4CN(C(=O)OC(C)(C)C)C4)cc3)nc21. The van der Waals surface area contributed by atoms with Gasteiger partial charge in [-0.3, -0.25) is 4.90 Å². The van der Waals surface area contributed by atoms with E-state index in [9.17, 15) is 9.59 Å². The number of nitrogens with zero attached hydrogens (tertiary/aromatic N) is 4. The van der Waals surface area contributed by atoms with Crippen molar-refractivity contribution in [1.29, 1.82) is 0 Å². The second kappa shape index (κ2) is 10.1. The van der Waals surface area contributed by atoms with Gasteiger partial charge in [-0.1, -0.05) is 24.3 Å². The van der Waals surface area contributed by atoms with Crippen molar-refractivity contribution in [1.82, 2.24) is 14.9 Å². The van der Waals surface area contributed by atoms with Crippen molar-refractivity contribution in [2.24, 2.45) is 0 Å². The molecule has 1 aromatic carbocycles. The minimum absolute atomic E-state index is 0.0175. The Labute approximate surface area is 205 Å². The predicted octanol–water partition coefficient (Wildman–Crippen LogP) is 4.26. The second-order valence-electron chi connectivity index (χ2n) is 9.77. The molecule has 1 fully saturated rings. The molecule has 1 aromatic heterocycles. The maximum absolute atomic E-state index is 12.0. The molecule has 35 heavy (non-hydrogen) atoms. The molecule has 2 aliphatic heterocycles. The highest BCUT2D eigenvalue weighted by molar-refractivity contribution is 5.89. The van der Waals surface area contributed by atoms with Gasteiger partial charge in [-0.25, -0.2) is 14.6 Å². The van der Waals surface area contributed by atoms with Gasteiger partial charge >= 0.3 is 12.2 Å². The number of amides is 2.